The van der Waals surface area contributed by atoms with Crippen LogP contribution >= 0.6 is 0 Å². The topological polar surface area (TPSA) is 145 Å². The molecule has 0 spiro atoms. The van der Waals surface area contributed by atoms with Gasteiger partial charge in [-0.1, -0.05) is 18.2 Å². The molecule has 0 aliphatic heterocycles. The molecule has 3 aromatic rings. The van der Waals surface area contributed by atoms with E-state index in [-0.39, 0.29) is 48.8 Å². The van der Waals surface area contributed by atoms with Gasteiger partial charge in [0.25, 0.3) is 0 Å². The molecular formula is C25H28F3N7O4S. The van der Waals surface area contributed by atoms with Crippen molar-refractivity contribution in [2.45, 2.75) is 26.2 Å². The highest BCUT2D eigenvalue weighted by molar-refractivity contribution is 7.92. The second-order valence-electron chi connectivity index (χ2n) is 8.69. The van der Waals surface area contributed by atoms with Crippen molar-refractivity contribution >= 4 is 44.8 Å². The lowest BCUT2D eigenvalue weighted by Gasteiger charge is -2.20. The molecular weight excluding hydrogens is 551 g/mol. The van der Waals surface area contributed by atoms with Gasteiger partial charge in [-0.2, -0.15) is 13.2 Å². The number of rotatable bonds is 11. The van der Waals surface area contributed by atoms with Gasteiger partial charge in [0.05, 0.1) is 24.1 Å². The highest BCUT2D eigenvalue weighted by Gasteiger charge is 2.34. The highest BCUT2D eigenvalue weighted by Crippen LogP contribution is 2.36. The van der Waals surface area contributed by atoms with Crippen molar-refractivity contribution in [3.8, 4) is 0 Å². The van der Waals surface area contributed by atoms with Gasteiger partial charge in [0.1, 0.15) is 11.6 Å². The van der Waals surface area contributed by atoms with Crippen LogP contribution in [0.25, 0.3) is 0 Å². The first-order chi connectivity index (χ1) is 18.7. The van der Waals surface area contributed by atoms with Crippen LogP contribution in [-0.4, -0.2) is 50.0 Å². The van der Waals surface area contributed by atoms with E-state index >= 15 is 0 Å². The molecule has 0 saturated carbocycles. The van der Waals surface area contributed by atoms with E-state index < -0.39 is 21.8 Å². The molecule has 1 aromatic carbocycles. The summed E-state index contributed by atoms with van der Waals surface area (Å²) in [6.45, 7) is 1.25. The number of nitrogens with one attached hydrogen (secondary N) is 4. The fraction of sp³-hybridized carbons (Fsp3) is 0.280. The molecule has 3 rings (SSSR count). The van der Waals surface area contributed by atoms with Gasteiger partial charge in [0.2, 0.25) is 21.8 Å². The summed E-state index contributed by atoms with van der Waals surface area (Å²) in [5.74, 6) is -0.452. The SMILES string of the molecule is CC(=O)NCC(=O)NCc1ccc(Nc2cc(NCc3cccnc3N(C)S(C)(=O)=O)c(C(F)(F)F)cn2)cc1. The van der Waals surface area contributed by atoms with Gasteiger partial charge in [-0.05, 0) is 23.8 Å². The molecule has 0 atom stereocenters. The Hall–Kier alpha value is -4.40. The van der Waals surface area contributed by atoms with Crippen LogP contribution in [0.4, 0.5) is 36.2 Å². The second kappa shape index (κ2) is 12.6. The molecule has 2 amide bonds. The van der Waals surface area contributed by atoms with E-state index in [1.54, 1.807) is 36.4 Å². The quantitative estimate of drug-likeness (QED) is 0.271. The first kappa shape index (κ1) is 30.1. The van der Waals surface area contributed by atoms with Crippen molar-refractivity contribution in [3.05, 3.63) is 71.5 Å². The Morgan fingerprint density at radius 3 is 2.35 bits per heavy atom. The minimum atomic E-state index is -4.69. The maximum absolute atomic E-state index is 13.7. The average Bonchev–Trinajstić information content (AvgIpc) is 2.89. The standard InChI is InChI=1S/C25H28F3N7O4S/c1-16(36)30-15-23(37)33-12-17-6-8-19(9-7-17)34-22-11-21(20(14-32-22)25(26,27)28)31-13-18-5-4-10-29-24(18)35(2)40(3,38)39/h4-11,14H,12-13,15H2,1-3H3,(H,30,36)(H,33,37)(H2,31,32,34). The first-order valence-corrected chi connectivity index (χ1v) is 13.6. The van der Waals surface area contributed by atoms with Crippen LogP contribution in [0.1, 0.15) is 23.6 Å². The Balaban J connectivity index is 1.74. The molecule has 15 heteroatoms. The van der Waals surface area contributed by atoms with Gasteiger partial charge in [-0.3, -0.25) is 13.9 Å². The Kier molecular flexibility index (Phi) is 9.52. The van der Waals surface area contributed by atoms with Gasteiger partial charge in [0, 0.05) is 56.8 Å². The van der Waals surface area contributed by atoms with Gasteiger partial charge < -0.3 is 21.3 Å². The van der Waals surface area contributed by atoms with Crippen molar-refractivity contribution < 1.29 is 31.2 Å². The molecule has 0 aliphatic rings. The van der Waals surface area contributed by atoms with E-state index in [0.717, 1.165) is 16.1 Å². The molecule has 0 fully saturated rings. The number of carbonyl (C=O) groups is 2. The van der Waals surface area contributed by atoms with E-state index in [1.165, 1.54) is 26.2 Å². The number of amides is 2. The zero-order valence-corrected chi connectivity index (χ0v) is 22.7. The number of aromatic nitrogens is 2. The summed E-state index contributed by atoms with van der Waals surface area (Å²) < 4.78 is 66.0. The Labute approximate surface area is 229 Å². The molecule has 0 saturated heterocycles. The number of pyridine rings is 2. The minimum Gasteiger partial charge on any atom is -0.380 e. The number of benzene rings is 1. The van der Waals surface area contributed by atoms with Crippen LogP contribution in [0.5, 0.6) is 0 Å². The lowest BCUT2D eigenvalue weighted by atomic mass is 10.2. The number of nitrogens with zero attached hydrogens (tertiary/aromatic N) is 3. The summed E-state index contributed by atoms with van der Waals surface area (Å²) >= 11 is 0. The number of sulfonamides is 1. The van der Waals surface area contributed by atoms with Crippen LogP contribution < -0.4 is 25.6 Å². The third-order valence-corrected chi connectivity index (χ3v) is 6.72. The second-order valence-corrected chi connectivity index (χ2v) is 10.7. The van der Waals surface area contributed by atoms with Crippen LogP contribution in [0, 0.1) is 0 Å². The zero-order valence-electron chi connectivity index (χ0n) is 21.8. The van der Waals surface area contributed by atoms with Crippen molar-refractivity contribution in [2.24, 2.45) is 0 Å². The number of halogens is 3. The van der Waals surface area contributed by atoms with Crippen molar-refractivity contribution in [1.82, 2.24) is 20.6 Å². The molecule has 2 aromatic heterocycles. The molecule has 0 aliphatic carbocycles. The first-order valence-electron chi connectivity index (χ1n) is 11.8. The van der Waals surface area contributed by atoms with Crippen molar-refractivity contribution in [2.75, 3.05) is 34.8 Å². The van der Waals surface area contributed by atoms with E-state index in [2.05, 4.69) is 31.2 Å². The van der Waals surface area contributed by atoms with E-state index in [9.17, 15) is 31.2 Å². The average molecular weight is 580 g/mol. The van der Waals surface area contributed by atoms with Gasteiger partial charge in [0.15, 0.2) is 0 Å². The Morgan fingerprint density at radius 2 is 1.73 bits per heavy atom. The fourth-order valence-corrected chi connectivity index (χ4v) is 3.90. The summed E-state index contributed by atoms with van der Waals surface area (Å²) in [4.78, 5) is 30.6. The number of hydrogen-bond acceptors (Lipinski definition) is 8. The van der Waals surface area contributed by atoms with Gasteiger partial charge >= 0.3 is 6.18 Å². The lowest BCUT2D eigenvalue weighted by molar-refractivity contribution is -0.137. The van der Waals surface area contributed by atoms with Gasteiger partial charge in [-0.15, -0.1) is 0 Å². The van der Waals surface area contributed by atoms with Crippen LogP contribution in [0.2, 0.25) is 0 Å². The fourth-order valence-electron chi connectivity index (χ4n) is 3.42. The molecule has 2 heterocycles. The van der Waals surface area contributed by atoms with E-state index in [4.69, 9.17) is 0 Å². The predicted molar refractivity (Wildman–Crippen MR) is 144 cm³/mol. The third-order valence-electron chi connectivity index (χ3n) is 5.56. The summed E-state index contributed by atoms with van der Waals surface area (Å²) in [6.07, 6.45) is -1.60. The van der Waals surface area contributed by atoms with Gasteiger partial charge in [-0.25, -0.2) is 18.4 Å². The van der Waals surface area contributed by atoms with Crippen LogP contribution in [0.15, 0.2) is 54.9 Å². The van der Waals surface area contributed by atoms with E-state index in [1.807, 2.05) is 0 Å². The monoisotopic (exact) mass is 579 g/mol. The molecule has 0 radical (unpaired) electrons. The molecule has 4 N–H and O–H groups in total. The number of carbonyl (C=O) groups excluding carboxylic acids is 2. The van der Waals surface area contributed by atoms with E-state index in [0.29, 0.717) is 17.4 Å². The molecule has 11 nitrogen and oxygen atoms in total. The smallest absolute Gasteiger partial charge is 0.380 e. The number of alkyl halides is 3. The molecule has 0 bridgehead atoms. The molecule has 40 heavy (non-hydrogen) atoms. The zero-order chi connectivity index (χ0) is 29.5. The summed E-state index contributed by atoms with van der Waals surface area (Å²) in [5, 5.41) is 10.7. The number of anilines is 4. The Bertz CT molecular complexity index is 1470. The van der Waals surface area contributed by atoms with Crippen LogP contribution in [0.3, 0.4) is 0 Å². The van der Waals surface area contributed by atoms with Crippen molar-refractivity contribution in [1.29, 1.82) is 0 Å². The lowest BCUT2D eigenvalue weighted by Crippen LogP contribution is -2.35. The maximum Gasteiger partial charge on any atom is 0.419 e. The Morgan fingerprint density at radius 1 is 1.02 bits per heavy atom. The highest BCUT2D eigenvalue weighted by atomic mass is 32.2. The summed E-state index contributed by atoms with van der Waals surface area (Å²) in [6, 6.07) is 11.1. The summed E-state index contributed by atoms with van der Waals surface area (Å²) in [7, 11) is -2.34. The summed E-state index contributed by atoms with van der Waals surface area (Å²) in [5.41, 5.74) is 0.409. The van der Waals surface area contributed by atoms with Crippen molar-refractivity contribution in [3.63, 3.8) is 0 Å². The maximum atomic E-state index is 13.7. The predicted octanol–water partition coefficient (Wildman–Crippen LogP) is 3.00. The molecule has 0 unspecified atom stereocenters. The largest absolute Gasteiger partial charge is 0.419 e. The minimum absolute atomic E-state index is 0.0878. The number of hydrogen-bond donors (Lipinski definition) is 4. The van der Waals surface area contributed by atoms with Crippen LogP contribution in [-0.2, 0) is 38.9 Å². The normalized spacial score (nSPS) is 11.4. The third kappa shape index (κ3) is 8.56. The molecule has 214 valence electrons.